The summed E-state index contributed by atoms with van der Waals surface area (Å²) in [5.74, 6) is -0.554. The zero-order valence-electron chi connectivity index (χ0n) is 13.6. The van der Waals surface area contributed by atoms with Crippen molar-refractivity contribution >= 4 is 43.3 Å². The van der Waals surface area contributed by atoms with Crippen LogP contribution in [0.15, 0.2) is 39.0 Å². The van der Waals surface area contributed by atoms with Crippen LogP contribution in [0.3, 0.4) is 0 Å². The van der Waals surface area contributed by atoms with E-state index in [2.05, 4.69) is 25.7 Å². The second kappa shape index (κ2) is 8.86. The predicted octanol–water partition coefficient (Wildman–Crippen LogP) is 2.53. The normalized spacial score (nSPS) is 11.7. The van der Waals surface area contributed by atoms with Gasteiger partial charge in [0.1, 0.15) is 5.01 Å². The highest BCUT2D eigenvalue weighted by Crippen LogP contribution is 2.22. The highest BCUT2D eigenvalue weighted by atomic mass is 79.9. The van der Waals surface area contributed by atoms with Crippen LogP contribution in [0, 0.1) is 0 Å². The number of methoxy groups -OCH3 is 2. The highest BCUT2D eigenvalue weighted by molar-refractivity contribution is 9.10. The summed E-state index contributed by atoms with van der Waals surface area (Å²) in [6.45, 7) is 0.455. The number of sulfonamides is 1. The first-order valence-corrected chi connectivity index (χ1v) is 10.3. The zero-order chi connectivity index (χ0) is 18.4. The molecule has 0 aliphatic heterocycles. The molecule has 0 saturated heterocycles. The van der Waals surface area contributed by atoms with Gasteiger partial charge in [0.05, 0.1) is 25.2 Å². The Bertz CT molecular complexity index is 821. The van der Waals surface area contributed by atoms with Crippen LogP contribution in [0.2, 0.25) is 0 Å². The Morgan fingerprint density at radius 2 is 1.96 bits per heavy atom. The number of rotatable bonds is 8. The van der Waals surface area contributed by atoms with Gasteiger partial charge in [-0.25, -0.2) is 18.2 Å². The van der Waals surface area contributed by atoms with Gasteiger partial charge in [-0.1, -0.05) is 15.9 Å². The standard InChI is InChI=1S/C15H17BrN2O5S2/c1-22-8-7-18(9-14-17-13(10-24-14)15(19)23-2)25(20,21)12-5-3-11(16)4-6-12/h3-6,10H,7-9H2,1-2H3. The number of carbonyl (C=O) groups is 1. The number of benzene rings is 1. The molecule has 0 aliphatic rings. The van der Waals surface area contributed by atoms with Crippen molar-refractivity contribution in [3.05, 3.63) is 44.8 Å². The van der Waals surface area contributed by atoms with Crippen LogP contribution < -0.4 is 0 Å². The maximum absolute atomic E-state index is 12.9. The van der Waals surface area contributed by atoms with Gasteiger partial charge >= 0.3 is 5.97 Å². The molecule has 10 heteroatoms. The van der Waals surface area contributed by atoms with Crippen molar-refractivity contribution < 1.29 is 22.7 Å². The summed E-state index contributed by atoms with van der Waals surface area (Å²) < 4.78 is 37.5. The molecule has 0 spiro atoms. The van der Waals surface area contributed by atoms with Gasteiger partial charge in [0, 0.05) is 23.5 Å². The fourth-order valence-corrected chi connectivity index (χ4v) is 4.48. The van der Waals surface area contributed by atoms with Gasteiger partial charge < -0.3 is 9.47 Å². The highest BCUT2D eigenvalue weighted by Gasteiger charge is 2.26. The van der Waals surface area contributed by atoms with Crippen molar-refractivity contribution in [2.24, 2.45) is 0 Å². The third-order valence-electron chi connectivity index (χ3n) is 3.25. The van der Waals surface area contributed by atoms with E-state index in [1.807, 2.05) is 0 Å². The lowest BCUT2D eigenvalue weighted by molar-refractivity contribution is 0.0594. The van der Waals surface area contributed by atoms with E-state index < -0.39 is 16.0 Å². The van der Waals surface area contributed by atoms with Crippen LogP contribution in [-0.4, -0.2) is 51.0 Å². The molecular weight excluding hydrogens is 432 g/mol. The summed E-state index contributed by atoms with van der Waals surface area (Å²) in [5.41, 5.74) is 0.162. The van der Waals surface area contributed by atoms with Gasteiger partial charge in [0.2, 0.25) is 10.0 Å². The molecule has 1 heterocycles. The molecule has 0 unspecified atom stereocenters. The second-order valence-electron chi connectivity index (χ2n) is 4.90. The zero-order valence-corrected chi connectivity index (χ0v) is 16.9. The van der Waals surface area contributed by atoms with Gasteiger partial charge in [-0.15, -0.1) is 11.3 Å². The molecule has 0 bridgehead atoms. The van der Waals surface area contributed by atoms with Crippen LogP contribution in [-0.2, 0) is 26.0 Å². The first-order valence-electron chi connectivity index (χ1n) is 7.16. The molecule has 1 aromatic carbocycles. The fraction of sp³-hybridized carbons (Fsp3) is 0.333. The third-order valence-corrected chi connectivity index (χ3v) is 6.48. The van der Waals surface area contributed by atoms with Crippen molar-refractivity contribution in [2.45, 2.75) is 11.4 Å². The topological polar surface area (TPSA) is 85.8 Å². The minimum atomic E-state index is -3.72. The maximum atomic E-state index is 12.9. The van der Waals surface area contributed by atoms with Crippen molar-refractivity contribution in [3.8, 4) is 0 Å². The number of hydrogen-bond acceptors (Lipinski definition) is 7. The molecule has 2 rings (SSSR count). The van der Waals surface area contributed by atoms with Gasteiger partial charge in [-0.05, 0) is 24.3 Å². The lowest BCUT2D eigenvalue weighted by Gasteiger charge is -2.21. The Morgan fingerprint density at radius 3 is 2.56 bits per heavy atom. The van der Waals surface area contributed by atoms with E-state index in [4.69, 9.17) is 4.74 Å². The van der Waals surface area contributed by atoms with Crippen LogP contribution in [0.5, 0.6) is 0 Å². The van der Waals surface area contributed by atoms with E-state index in [0.717, 1.165) is 4.47 Å². The molecule has 1 aromatic heterocycles. The molecule has 0 aliphatic carbocycles. The molecule has 0 atom stereocenters. The number of halogens is 1. The minimum absolute atomic E-state index is 0.0451. The van der Waals surface area contributed by atoms with E-state index in [-0.39, 0.29) is 30.3 Å². The Morgan fingerprint density at radius 1 is 1.28 bits per heavy atom. The summed E-state index contributed by atoms with van der Waals surface area (Å²) in [6, 6.07) is 6.39. The molecule has 0 fully saturated rings. The van der Waals surface area contributed by atoms with E-state index in [1.54, 1.807) is 17.5 Å². The molecule has 0 saturated carbocycles. The summed E-state index contributed by atoms with van der Waals surface area (Å²) >= 11 is 4.49. The summed E-state index contributed by atoms with van der Waals surface area (Å²) in [7, 11) is -0.951. The van der Waals surface area contributed by atoms with Crippen LogP contribution in [0.4, 0.5) is 0 Å². The molecule has 7 nitrogen and oxygen atoms in total. The SMILES string of the molecule is COCCN(Cc1nc(C(=O)OC)cs1)S(=O)(=O)c1ccc(Br)cc1. The molecule has 0 amide bonds. The first kappa shape index (κ1) is 20.0. The number of nitrogens with zero attached hydrogens (tertiary/aromatic N) is 2. The third kappa shape index (κ3) is 5.08. The Balaban J connectivity index is 2.27. The monoisotopic (exact) mass is 448 g/mol. The number of aromatic nitrogens is 1. The Hall–Kier alpha value is -1.33. The first-order chi connectivity index (χ1) is 11.9. The number of ether oxygens (including phenoxy) is 2. The quantitative estimate of drug-likeness (QED) is 0.576. The van der Waals surface area contributed by atoms with Crippen molar-refractivity contribution in [2.75, 3.05) is 27.4 Å². The van der Waals surface area contributed by atoms with Gasteiger partial charge in [-0.3, -0.25) is 0 Å². The van der Waals surface area contributed by atoms with Crippen molar-refractivity contribution in [3.63, 3.8) is 0 Å². The number of carbonyl (C=O) groups excluding carboxylic acids is 1. The molecule has 0 N–H and O–H groups in total. The number of thiazole rings is 1. The van der Waals surface area contributed by atoms with Crippen LogP contribution in [0.25, 0.3) is 0 Å². The van der Waals surface area contributed by atoms with Crippen LogP contribution in [0.1, 0.15) is 15.5 Å². The van der Waals surface area contributed by atoms with Gasteiger partial charge in [-0.2, -0.15) is 4.31 Å². The van der Waals surface area contributed by atoms with E-state index in [0.29, 0.717) is 5.01 Å². The number of hydrogen-bond donors (Lipinski definition) is 0. The van der Waals surface area contributed by atoms with Gasteiger partial charge in [0.25, 0.3) is 0 Å². The lowest BCUT2D eigenvalue weighted by atomic mass is 10.4. The smallest absolute Gasteiger partial charge is 0.357 e. The van der Waals surface area contributed by atoms with Crippen molar-refractivity contribution in [1.82, 2.24) is 9.29 Å². The second-order valence-corrected chi connectivity index (χ2v) is 8.70. The lowest BCUT2D eigenvalue weighted by Crippen LogP contribution is -2.33. The summed E-state index contributed by atoms with van der Waals surface area (Å²) in [6.07, 6.45) is 0. The average molecular weight is 449 g/mol. The number of esters is 1. The largest absolute Gasteiger partial charge is 0.464 e. The molecule has 25 heavy (non-hydrogen) atoms. The molecule has 0 radical (unpaired) electrons. The van der Waals surface area contributed by atoms with E-state index >= 15 is 0 Å². The Labute approximate surface area is 158 Å². The maximum Gasteiger partial charge on any atom is 0.357 e. The van der Waals surface area contributed by atoms with Crippen molar-refractivity contribution in [1.29, 1.82) is 0 Å². The fourth-order valence-electron chi connectivity index (χ4n) is 1.97. The molecule has 136 valence electrons. The average Bonchev–Trinajstić information content (AvgIpc) is 3.06. The van der Waals surface area contributed by atoms with Crippen LogP contribution >= 0.6 is 27.3 Å². The van der Waals surface area contributed by atoms with Gasteiger partial charge in [0.15, 0.2) is 5.69 Å². The minimum Gasteiger partial charge on any atom is -0.464 e. The van der Waals surface area contributed by atoms with E-state index in [9.17, 15) is 13.2 Å². The summed E-state index contributed by atoms with van der Waals surface area (Å²) in [4.78, 5) is 15.8. The molecular formula is C15H17BrN2O5S2. The van der Waals surface area contributed by atoms with E-state index in [1.165, 1.54) is 42.0 Å². The summed E-state index contributed by atoms with van der Waals surface area (Å²) in [5, 5.41) is 2.04. The molecule has 2 aromatic rings. The Kier molecular flexibility index (Phi) is 7.08. The predicted molar refractivity (Wildman–Crippen MR) is 97.1 cm³/mol.